The molecule has 0 saturated heterocycles. The second kappa shape index (κ2) is 5.72. The Morgan fingerprint density at radius 3 is 2.81 bits per heavy atom. The second-order valence-corrected chi connectivity index (χ2v) is 5.69. The summed E-state index contributed by atoms with van der Waals surface area (Å²) in [6, 6.07) is 10.00. The Morgan fingerprint density at radius 2 is 2.10 bits per heavy atom. The molecule has 0 aromatic heterocycles. The number of carbonyl (C=O) groups excluding carboxylic acids is 2. The molecule has 0 saturated carbocycles. The van der Waals surface area contributed by atoms with Crippen LogP contribution >= 0.6 is 0 Å². The van der Waals surface area contributed by atoms with Gasteiger partial charge in [-0.15, -0.1) is 0 Å². The van der Waals surface area contributed by atoms with Crippen molar-refractivity contribution in [3.05, 3.63) is 47.0 Å². The molecular formula is C17H19NO3. The number of ether oxygens (including phenoxy) is 1. The Morgan fingerprint density at radius 1 is 1.33 bits per heavy atom. The lowest BCUT2D eigenvalue weighted by Crippen LogP contribution is -2.27. The molecule has 110 valence electrons. The van der Waals surface area contributed by atoms with Crippen molar-refractivity contribution in [3.8, 4) is 0 Å². The van der Waals surface area contributed by atoms with Crippen molar-refractivity contribution in [1.29, 1.82) is 0 Å². The minimum atomic E-state index is -0.198. The quantitative estimate of drug-likeness (QED) is 0.801. The van der Waals surface area contributed by atoms with Gasteiger partial charge in [0.2, 0.25) is 5.91 Å². The molecule has 1 heterocycles. The van der Waals surface area contributed by atoms with Crippen LogP contribution in [0.5, 0.6) is 0 Å². The zero-order valence-electron chi connectivity index (χ0n) is 12.2. The zero-order valence-corrected chi connectivity index (χ0v) is 12.2. The van der Waals surface area contributed by atoms with E-state index < -0.39 is 0 Å². The lowest BCUT2D eigenvalue weighted by molar-refractivity contribution is -0.145. The molecule has 0 radical (unpaired) electrons. The fourth-order valence-electron chi connectivity index (χ4n) is 3.20. The summed E-state index contributed by atoms with van der Waals surface area (Å²) in [5.74, 6) is -0.271. The number of nitrogens with zero attached hydrogens (tertiary/aromatic N) is 1. The smallest absolute Gasteiger partial charge is 0.309 e. The average molecular weight is 285 g/mol. The number of hydrogen-bond donors (Lipinski definition) is 0. The molecule has 0 N–H and O–H groups in total. The Kier molecular flexibility index (Phi) is 3.78. The van der Waals surface area contributed by atoms with E-state index in [4.69, 9.17) is 4.74 Å². The van der Waals surface area contributed by atoms with Gasteiger partial charge in [-0.2, -0.15) is 0 Å². The molecule has 1 aromatic rings. The molecule has 3 rings (SSSR count). The first kappa shape index (κ1) is 13.9. The molecule has 1 aliphatic carbocycles. The monoisotopic (exact) mass is 285 g/mol. The Labute approximate surface area is 124 Å². The summed E-state index contributed by atoms with van der Waals surface area (Å²) in [6.45, 7) is 1.34. The largest absolute Gasteiger partial charge is 0.469 e. The van der Waals surface area contributed by atoms with Crippen molar-refractivity contribution >= 4 is 11.9 Å². The highest BCUT2D eigenvalue weighted by molar-refractivity contribution is 5.98. The maximum Gasteiger partial charge on any atom is 0.309 e. The van der Waals surface area contributed by atoms with Gasteiger partial charge in [-0.05, 0) is 30.4 Å². The Bertz CT molecular complexity index is 591. The number of amides is 1. The van der Waals surface area contributed by atoms with E-state index in [1.54, 1.807) is 0 Å². The van der Waals surface area contributed by atoms with Gasteiger partial charge in [0.15, 0.2) is 0 Å². The normalized spacial score (nSPS) is 21.5. The summed E-state index contributed by atoms with van der Waals surface area (Å²) in [6.07, 6.45) is 2.15. The van der Waals surface area contributed by atoms with Gasteiger partial charge in [-0.1, -0.05) is 30.3 Å². The lowest BCUT2D eigenvalue weighted by atomic mass is 9.85. The summed E-state index contributed by atoms with van der Waals surface area (Å²) in [4.78, 5) is 26.1. The van der Waals surface area contributed by atoms with Crippen LogP contribution in [0.15, 0.2) is 41.5 Å². The maximum absolute atomic E-state index is 12.5. The fourth-order valence-corrected chi connectivity index (χ4v) is 3.20. The average Bonchev–Trinajstić information content (AvgIpc) is 2.83. The van der Waals surface area contributed by atoms with Gasteiger partial charge < -0.3 is 9.64 Å². The van der Waals surface area contributed by atoms with Crippen molar-refractivity contribution in [1.82, 2.24) is 4.90 Å². The van der Waals surface area contributed by atoms with Crippen LogP contribution in [0.3, 0.4) is 0 Å². The van der Waals surface area contributed by atoms with Gasteiger partial charge in [0, 0.05) is 18.7 Å². The van der Waals surface area contributed by atoms with Gasteiger partial charge in [0.05, 0.1) is 13.0 Å². The van der Waals surface area contributed by atoms with Crippen LogP contribution in [-0.2, 0) is 20.9 Å². The van der Waals surface area contributed by atoms with Crippen LogP contribution in [0.1, 0.15) is 24.8 Å². The minimum absolute atomic E-state index is 0.0856. The topological polar surface area (TPSA) is 46.6 Å². The molecular weight excluding hydrogens is 266 g/mol. The number of benzene rings is 1. The highest BCUT2D eigenvalue weighted by Gasteiger charge is 2.36. The zero-order chi connectivity index (χ0) is 14.8. The van der Waals surface area contributed by atoms with Crippen LogP contribution in [-0.4, -0.2) is 30.4 Å². The van der Waals surface area contributed by atoms with Gasteiger partial charge in [0.25, 0.3) is 0 Å². The van der Waals surface area contributed by atoms with E-state index in [0.717, 1.165) is 24.0 Å². The van der Waals surface area contributed by atoms with E-state index in [9.17, 15) is 9.59 Å². The highest BCUT2D eigenvalue weighted by atomic mass is 16.5. The number of methoxy groups -OCH3 is 1. The summed E-state index contributed by atoms with van der Waals surface area (Å²) in [5, 5.41) is 0. The molecule has 1 atom stereocenters. The molecule has 1 aromatic carbocycles. The second-order valence-electron chi connectivity index (χ2n) is 5.69. The molecule has 0 bridgehead atoms. The Hall–Kier alpha value is -2.10. The van der Waals surface area contributed by atoms with Crippen LogP contribution in [0.2, 0.25) is 0 Å². The number of esters is 1. The van der Waals surface area contributed by atoms with E-state index in [1.165, 1.54) is 12.7 Å². The molecule has 1 aliphatic heterocycles. The molecule has 0 spiro atoms. The standard InChI is InChI=1S/C17H19NO3/c1-21-17(20)13-7-8-14-11-18(16(19)15(14)9-13)10-12-5-3-2-4-6-12/h2-6,13H,7-11H2,1H3/t13-/m0/s1. The molecule has 2 aliphatic rings. The molecule has 0 fully saturated rings. The summed E-state index contributed by atoms with van der Waals surface area (Å²) in [7, 11) is 1.41. The first-order valence-electron chi connectivity index (χ1n) is 7.31. The van der Waals surface area contributed by atoms with Crippen LogP contribution in [0, 0.1) is 5.92 Å². The summed E-state index contributed by atoms with van der Waals surface area (Å²) < 4.78 is 4.81. The lowest BCUT2D eigenvalue weighted by Gasteiger charge is -2.20. The van der Waals surface area contributed by atoms with Crippen molar-refractivity contribution in [3.63, 3.8) is 0 Å². The van der Waals surface area contributed by atoms with Crippen molar-refractivity contribution < 1.29 is 14.3 Å². The number of rotatable bonds is 3. The number of hydrogen-bond acceptors (Lipinski definition) is 3. The first-order chi connectivity index (χ1) is 10.2. The van der Waals surface area contributed by atoms with E-state index in [2.05, 4.69) is 0 Å². The van der Waals surface area contributed by atoms with Crippen LogP contribution < -0.4 is 0 Å². The van der Waals surface area contributed by atoms with Gasteiger partial charge in [-0.25, -0.2) is 0 Å². The SMILES string of the molecule is COC(=O)[C@H]1CCC2=C(C1)C(=O)N(Cc1ccccc1)C2. The van der Waals surface area contributed by atoms with E-state index in [0.29, 0.717) is 19.5 Å². The minimum Gasteiger partial charge on any atom is -0.469 e. The van der Waals surface area contributed by atoms with E-state index >= 15 is 0 Å². The molecule has 4 nitrogen and oxygen atoms in total. The Balaban J connectivity index is 1.70. The highest BCUT2D eigenvalue weighted by Crippen LogP contribution is 2.36. The fraction of sp³-hybridized carbons (Fsp3) is 0.412. The number of carbonyl (C=O) groups is 2. The molecule has 0 unspecified atom stereocenters. The predicted octanol–water partition coefficient (Wildman–Crippen LogP) is 2.30. The van der Waals surface area contributed by atoms with Crippen LogP contribution in [0.4, 0.5) is 0 Å². The molecule has 21 heavy (non-hydrogen) atoms. The first-order valence-corrected chi connectivity index (χ1v) is 7.31. The molecule has 4 heteroatoms. The maximum atomic E-state index is 12.5. The van der Waals surface area contributed by atoms with Crippen molar-refractivity contribution in [2.75, 3.05) is 13.7 Å². The molecule has 1 amide bonds. The summed E-state index contributed by atoms with van der Waals surface area (Å²) in [5.41, 5.74) is 3.18. The predicted molar refractivity (Wildman–Crippen MR) is 78.2 cm³/mol. The summed E-state index contributed by atoms with van der Waals surface area (Å²) >= 11 is 0. The van der Waals surface area contributed by atoms with Crippen molar-refractivity contribution in [2.24, 2.45) is 5.92 Å². The van der Waals surface area contributed by atoms with Gasteiger partial charge >= 0.3 is 5.97 Å². The van der Waals surface area contributed by atoms with E-state index in [-0.39, 0.29) is 17.8 Å². The van der Waals surface area contributed by atoms with Crippen LogP contribution in [0.25, 0.3) is 0 Å². The van der Waals surface area contributed by atoms with E-state index in [1.807, 2.05) is 35.2 Å². The third-order valence-corrected chi connectivity index (χ3v) is 4.35. The van der Waals surface area contributed by atoms with Gasteiger partial charge in [-0.3, -0.25) is 9.59 Å². The van der Waals surface area contributed by atoms with Crippen molar-refractivity contribution in [2.45, 2.75) is 25.8 Å². The third kappa shape index (κ3) is 2.71. The van der Waals surface area contributed by atoms with Gasteiger partial charge in [0.1, 0.15) is 0 Å². The third-order valence-electron chi connectivity index (χ3n) is 4.35.